The third-order valence-electron chi connectivity index (χ3n) is 6.24. The summed E-state index contributed by atoms with van der Waals surface area (Å²) < 4.78 is 42.0. The molecule has 2 aliphatic rings. The minimum Gasteiger partial charge on any atom is -0.339 e. The number of imidazole rings is 1. The summed E-state index contributed by atoms with van der Waals surface area (Å²) in [7, 11) is 0. The van der Waals surface area contributed by atoms with Gasteiger partial charge >= 0.3 is 6.18 Å². The van der Waals surface area contributed by atoms with Gasteiger partial charge in [0.05, 0.1) is 29.5 Å². The quantitative estimate of drug-likeness (QED) is 0.599. The number of amides is 1. The van der Waals surface area contributed by atoms with E-state index >= 15 is 0 Å². The number of carbonyl (C=O) groups is 1. The van der Waals surface area contributed by atoms with Gasteiger partial charge in [0.1, 0.15) is 0 Å². The fourth-order valence-electron chi connectivity index (χ4n) is 4.60. The number of aromatic nitrogens is 3. The number of pyridine rings is 1. The van der Waals surface area contributed by atoms with Crippen molar-refractivity contribution in [3.05, 3.63) is 83.2 Å². The van der Waals surface area contributed by atoms with E-state index in [1.165, 1.54) is 6.07 Å². The van der Waals surface area contributed by atoms with Crippen molar-refractivity contribution in [1.82, 2.24) is 19.4 Å². The van der Waals surface area contributed by atoms with Gasteiger partial charge in [0, 0.05) is 37.5 Å². The number of alkyl halides is 3. The van der Waals surface area contributed by atoms with Crippen LogP contribution in [0.15, 0.2) is 60.8 Å². The molecular weight excluding hydrogens is 417 g/mol. The van der Waals surface area contributed by atoms with E-state index in [4.69, 9.17) is 0 Å². The van der Waals surface area contributed by atoms with Gasteiger partial charge in [0.2, 0.25) is 5.91 Å². The highest BCUT2D eigenvalue weighted by atomic mass is 19.4. The third-order valence-corrected chi connectivity index (χ3v) is 6.24. The standard InChI is InChI=1S/C24H21F3N4O/c25-24(26,27)21-4-2-1-3-20(21)16-5-8-30(9-6-16)23(32)18-11-17-12-19(14-29-22(17)13-18)31-10-7-28-15-31/h1-4,7,10,12-16H,5-6,8-9,11H2. The van der Waals surface area contributed by atoms with Crippen molar-refractivity contribution in [2.75, 3.05) is 13.1 Å². The Bertz CT molecular complexity index is 1180. The van der Waals surface area contributed by atoms with Crippen LogP contribution in [0.3, 0.4) is 0 Å². The van der Waals surface area contributed by atoms with Crippen molar-refractivity contribution >= 4 is 12.0 Å². The molecule has 1 fully saturated rings. The van der Waals surface area contributed by atoms with Crippen molar-refractivity contribution in [2.45, 2.75) is 31.4 Å². The summed E-state index contributed by atoms with van der Waals surface area (Å²) >= 11 is 0. The third kappa shape index (κ3) is 3.81. The first-order valence-electron chi connectivity index (χ1n) is 10.5. The average molecular weight is 438 g/mol. The van der Waals surface area contributed by atoms with Crippen LogP contribution in [0.2, 0.25) is 0 Å². The van der Waals surface area contributed by atoms with Crippen LogP contribution in [0.5, 0.6) is 0 Å². The van der Waals surface area contributed by atoms with E-state index in [2.05, 4.69) is 9.97 Å². The lowest BCUT2D eigenvalue weighted by molar-refractivity contribution is -0.138. The van der Waals surface area contributed by atoms with Crippen LogP contribution >= 0.6 is 0 Å². The van der Waals surface area contributed by atoms with E-state index in [1.807, 2.05) is 22.9 Å². The molecule has 1 amide bonds. The van der Waals surface area contributed by atoms with Gasteiger partial charge in [-0.3, -0.25) is 9.78 Å². The molecule has 5 rings (SSSR count). The molecule has 0 unspecified atom stereocenters. The molecule has 1 aliphatic heterocycles. The second-order valence-electron chi connectivity index (χ2n) is 8.21. The van der Waals surface area contributed by atoms with E-state index < -0.39 is 11.7 Å². The molecule has 1 saturated heterocycles. The Labute approximate surface area is 183 Å². The Hall–Kier alpha value is -3.42. The summed E-state index contributed by atoms with van der Waals surface area (Å²) in [6, 6.07) is 7.76. The molecule has 8 heteroatoms. The lowest BCUT2D eigenvalue weighted by Crippen LogP contribution is -2.39. The fraction of sp³-hybridized carbons (Fsp3) is 0.292. The zero-order valence-corrected chi connectivity index (χ0v) is 17.2. The number of halogens is 3. The molecule has 5 nitrogen and oxygen atoms in total. The van der Waals surface area contributed by atoms with Crippen LogP contribution in [0, 0.1) is 0 Å². The monoisotopic (exact) mass is 438 g/mol. The van der Waals surface area contributed by atoms with Crippen molar-refractivity contribution in [3.8, 4) is 5.69 Å². The van der Waals surface area contributed by atoms with E-state index in [1.54, 1.807) is 35.8 Å². The van der Waals surface area contributed by atoms with Gasteiger partial charge in [-0.25, -0.2) is 4.98 Å². The predicted molar refractivity (Wildman–Crippen MR) is 113 cm³/mol. The minimum absolute atomic E-state index is 0.0604. The van der Waals surface area contributed by atoms with E-state index in [0.29, 0.717) is 43.5 Å². The number of benzene rings is 1. The highest BCUT2D eigenvalue weighted by molar-refractivity contribution is 6.00. The smallest absolute Gasteiger partial charge is 0.339 e. The van der Waals surface area contributed by atoms with Crippen LogP contribution in [0.4, 0.5) is 13.2 Å². The number of carbonyl (C=O) groups excluding carboxylic acids is 1. The predicted octanol–water partition coefficient (Wildman–Crippen LogP) is 4.63. The SMILES string of the molecule is O=C(C1=Cc2ncc(-n3ccnc3)cc2C1)N1CCC(c2ccccc2C(F)(F)F)CC1. The van der Waals surface area contributed by atoms with Crippen LogP contribution in [-0.4, -0.2) is 38.4 Å². The highest BCUT2D eigenvalue weighted by Crippen LogP contribution is 2.39. The van der Waals surface area contributed by atoms with Gasteiger partial charge in [-0.1, -0.05) is 18.2 Å². The van der Waals surface area contributed by atoms with Crippen molar-refractivity contribution in [3.63, 3.8) is 0 Å². The molecule has 32 heavy (non-hydrogen) atoms. The maximum Gasteiger partial charge on any atom is 0.416 e. The molecule has 1 aliphatic carbocycles. The first kappa shape index (κ1) is 20.5. The molecule has 3 heterocycles. The molecule has 0 N–H and O–H groups in total. The molecule has 0 atom stereocenters. The second-order valence-corrected chi connectivity index (χ2v) is 8.21. The van der Waals surface area contributed by atoms with E-state index in [-0.39, 0.29) is 11.8 Å². The molecule has 2 aromatic heterocycles. The molecular formula is C24H21F3N4O. The first-order chi connectivity index (χ1) is 15.4. The zero-order valence-electron chi connectivity index (χ0n) is 17.2. The summed E-state index contributed by atoms with van der Waals surface area (Å²) in [6.45, 7) is 0.883. The highest BCUT2D eigenvalue weighted by Gasteiger charge is 2.36. The minimum atomic E-state index is -4.37. The van der Waals surface area contributed by atoms with Crippen LogP contribution in [-0.2, 0) is 17.4 Å². The maximum atomic E-state index is 13.4. The molecule has 0 spiro atoms. The topological polar surface area (TPSA) is 51.0 Å². The molecule has 164 valence electrons. The largest absolute Gasteiger partial charge is 0.416 e. The Balaban J connectivity index is 1.26. The Morgan fingerprint density at radius 1 is 1.12 bits per heavy atom. The number of rotatable bonds is 3. The number of fused-ring (bicyclic) bond motifs is 1. The fourth-order valence-corrected chi connectivity index (χ4v) is 4.60. The van der Waals surface area contributed by atoms with Crippen LogP contribution < -0.4 is 0 Å². The lowest BCUT2D eigenvalue weighted by Gasteiger charge is -2.33. The number of hydrogen-bond acceptors (Lipinski definition) is 3. The van der Waals surface area contributed by atoms with Crippen molar-refractivity contribution in [1.29, 1.82) is 0 Å². The number of hydrogen-bond donors (Lipinski definition) is 0. The molecule has 0 bridgehead atoms. The summed E-state index contributed by atoms with van der Waals surface area (Å²) in [6.07, 6.45) is 5.95. The average Bonchev–Trinajstić information content (AvgIpc) is 3.48. The lowest BCUT2D eigenvalue weighted by atomic mass is 9.86. The van der Waals surface area contributed by atoms with Gasteiger partial charge in [0.15, 0.2) is 0 Å². The Morgan fingerprint density at radius 3 is 2.62 bits per heavy atom. The molecule has 0 radical (unpaired) electrons. The first-order valence-corrected chi connectivity index (χ1v) is 10.5. The van der Waals surface area contributed by atoms with Crippen molar-refractivity contribution in [2.24, 2.45) is 0 Å². The van der Waals surface area contributed by atoms with Gasteiger partial charge < -0.3 is 9.47 Å². The van der Waals surface area contributed by atoms with Crippen LogP contribution in [0.25, 0.3) is 11.8 Å². The van der Waals surface area contributed by atoms with Gasteiger partial charge in [-0.05, 0) is 48.1 Å². The zero-order chi connectivity index (χ0) is 22.3. The van der Waals surface area contributed by atoms with Gasteiger partial charge in [-0.2, -0.15) is 13.2 Å². The maximum absolute atomic E-state index is 13.4. The summed E-state index contributed by atoms with van der Waals surface area (Å²) in [5, 5.41) is 0. The number of likely N-dealkylation sites (tertiary alicyclic amines) is 1. The summed E-state index contributed by atoms with van der Waals surface area (Å²) in [4.78, 5) is 23.4. The number of nitrogens with zero attached hydrogens (tertiary/aromatic N) is 4. The normalized spacial score (nSPS) is 16.7. The van der Waals surface area contributed by atoms with Crippen molar-refractivity contribution < 1.29 is 18.0 Å². The van der Waals surface area contributed by atoms with Gasteiger partial charge in [-0.15, -0.1) is 0 Å². The van der Waals surface area contributed by atoms with Crippen LogP contribution in [0.1, 0.15) is 41.1 Å². The summed E-state index contributed by atoms with van der Waals surface area (Å²) in [5.74, 6) is -0.263. The Kier molecular flexibility index (Phi) is 5.07. The van der Waals surface area contributed by atoms with Gasteiger partial charge in [0.25, 0.3) is 0 Å². The van der Waals surface area contributed by atoms with E-state index in [0.717, 1.165) is 23.0 Å². The number of piperidine rings is 1. The second kappa shape index (κ2) is 7.93. The Morgan fingerprint density at radius 2 is 1.91 bits per heavy atom. The molecule has 1 aromatic carbocycles. The van der Waals surface area contributed by atoms with E-state index in [9.17, 15) is 18.0 Å². The summed E-state index contributed by atoms with van der Waals surface area (Å²) in [5.41, 5.74) is 3.07. The molecule has 0 saturated carbocycles. The molecule has 3 aromatic rings.